The van der Waals surface area contributed by atoms with Crippen molar-refractivity contribution in [1.29, 1.82) is 5.26 Å². The van der Waals surface area contributed by atoms with Crippen molar-refractivity contribution in [1.82, 2.24) is 15.3 Å². The highest BCUT2D eigenvalue weighted by atomic mass is 19.1. The molecule has 0 bridgehead atoms. The van der Waals surface area contributed by atoms with Gasteiger partial charge in [-0.25, -0.2) is 14.4 Å². The maximum absolute atomic E-state index is 13.4. The van der Waals surface area contributed by atoms with Gasteiger partial charge in [0, 0.05) is 6.20 Å². The van der Waals surface area contributed by atoms with E-state index >= 15 is 0 Å². The molecule has 0 aromatic carbocycles. The molecule has 27 heavy (non-hydrogen) atoms. The van der Waals surface area contributed by atoms with Crippen molar-refractivity contribution in [3.05, 3.63) is 41.6 Å². The van der Waals surface area contributed by atoms with Gasteiger partial charge in [-0.05, 0) is 61.2 Å². The summed E-state index contributed by atoms with van der Waals surface area (Å²) in [5.41, 5.74) is 1.80. The minimum Gasteiger partial charge on any atom is -0.351 e. The van der Waals surface area contributed by atoms with Gasteiger partial charge in [-0.2, -0.15) is 5.26 Å². The van der Waals surface area contributed by atoms with Crippen molar-refractivity contribution in [3.63, 3.8) is 0 Å². The minimum absolute atomic E-state index is 0.0568. The van der Waals surface area contributed by atoms with Crippen molar-refractivity contribution in [2.75, 3.05) is 36.4 Å². The van der Waals surface area contributed by atoms with E-state index in [9.17, 15) is 4.39 Å². The maximum Gasteiger partial charge on any atom is 0.135 e. The quantitative estimate of drug-likeness (QED) is 0.866. The molecule has 0 atom stereocenters. The fraction of sp³-hybridized carbons (Fsp3) is 0.450. The molecule has 140 valence electrons. The number of nitriles is 1. The van der Waals surface area contributed by atoms with Gasteiger partial charge in [-0.1, -0.05) is 6.92 Å². The van der Waals surface area contributed by atoms with Crippen LogP contribution in [-0.4, -0.2) is 42.3 Å². The Bertz CT molecular complexity index is 865. The monoisotopic (exact) mass is 366 g/mol. The van der Waals surface area contributed by atoms with Gasteiger partial charge in [0.1, 0.15) is 23.6 Å². The molecule has 7 heteroatoms. The summed E-state index contributed by atoms with van der Waals surface area (Å²) in [6.45, 7) is 5.02. The van der Waals surface area contributed by atoms with Crippen LogP contribution in [0.4, 0.5) is 21.8 Å². The second kappa shape index (κ2) is 7.12. The average molecular weight is 366 g/mol. The zero-order chi connectivity index (χ0) is 18.9. The van der Waals surface area contributed by atoms with E-state index in [1.807, 2.05) is 4.90 Å². The molecule has 2 aliphatic heterocycles. The van der Waals surface area contributed by atoms with Crippen molar-refractivity contribution in [2.24, 2.45) is 0 Å². The highest BCUT2D eigenvalue weighted by Gasteiger charge is 2.32. The number of nitrogens with one attached hydrogen (secondary N) is 2. The van der Waals surface area contributed by atoms with E-state index in [4.69, 9.17) is 5.26 Å². The first kappa shape index (κ1) is 17.7. The molecule has 2 saturated heterocycles. The number of rotatable bonds is 4. The van der Waals surface area contributed by atoms with E-state index in [0.29, 0.717) is 30.3 Å². The lowest BCUT2D eigenvalue weighted by atomic mass is 9.75. The molecule has 0 radical (unpaired) electrons. The van der Waals surface area contributed by atoms with Gasteiger partial charge < -0.3 is 15.5 Å². The van der Waals surface area contributed by atoms with Crippen molar-refractivity contribution >= 4 is 17.5 Å². The van der Waals surface area contributed by atoms with Crippen LogP contribution in [0.15, 0.2) is 30.5 Å². The lowest BCUT2D eigenvalue weighted by Crippen LogP contribution is -2.49. The summed E-state index contributed by atoms with van der Waals surface area (Å²) >= 11 is 0. The van der Waals surface area contributed by atoms with Gasteiger partial charge in [0.05, 0.1) is 24.7 Å². The highest BCUT2D eigenvalue weighted by Crippen LogP contribution is 2.36. The molecule has 0 aliphatic carbocycles. The van der Waals surface area contributed by atoms with Crippen molar-refractivity contribution < 1.29 is 4.39 Å². The molecule has 4 heterocycles. The minimum atomic E-state index is -0.782. The van der Waals surface area contributed by atoms with Crippen LogP contribution in [0.1, 0.15) is 30.9 Å². The van der Waals surface area contributed by atoms with Gasteiger partial charge in [-0.15, -0.1) is 0 Å². The Balaban J connectivity index is 1.68. The third-order valence-corrected chi connectivity index (χ3v) is 5.52. The number of aromatic nitrogens is 2. The molecular formula is C20H23FN6. The molecule has 0 spiro atoms. The number of alkyl halides is 1. The Morgan fingerprint density at radius 2 is 2.04 bits per heavy atom. The van der Waals surface area contributed by atoms with Crippen LogP contribution in [0.3, 0.4) is 0 Å². The summed E-state index contributed by atoms with van der Waals surface area (Å²) in [7, 11) is 0. The average Bonchev–Trinajstić information content (AvgIpc) is 2.66. The van der Waals surface area contributed by atoms with E-state index in [0.717, 1.165) is 31.7 Å². The molecule has 2 N–H and O–H groups in total. The number of hydrogen-bond donors (Lipinski definition) is 2. The van der Waals surface area contributed by atoms with E-state index in [1.165, 1.54) is 5.56 Å². The highest BCUT2D eigenvalue weighted by molar-refractivity contribution is 5.60. The van der Waals surface area contributed by atoms with Gasteiger partial charge in [0.2, 0.25) is 0 Å². The first-order chi connectivity index (χ1) is 13.1. The van der Waals surface area contributed by atoms with Gasteiger partial charge in [0.25, 0.3) is 0 Å². The van der Waals surface area contributed by atoms with Crippen LogP contribution in [0.2, 0.25) is 0 Å². The molecular weight excluding hydrogens is 343 g/mol. The summed E-state index contributed by atoms with van der Waals surface area (Å²) in [5, 5.41) is 15.7. The predicted octanol–water partition coefficient (Wildman–Crippen LogP) is 2.89. The Labute approximate surface area is 158 Å². The Kier molecular flexibility index (Phi) is 4.66. The second-order valence-electron chi connectivity index (χ2n) is 7.58. The van der Waals surface area contributed by atoms with Crippen LogP contribution in [0.25, 0.3) is 0 Å². The third kappa shape index (κ3) is 3.71. The zero-order valence-electron chi connectivity index (χ0n) is 15.4. The lowest BCUT2D eigenvalue weighted by Gasteiger charge is -2.38. The van der Waals surface area contributed by atoms with Crippen LogP contribution in [0.5, 0.6) is 0 Å². The van der Waals surface area contributed by atoms with Crippen LogP contribution < -0.4 is 15.5 Å². The number of anilines is 3. The molecule has 4 rings (SSSR count). The van der Waals surface area contributed by atoms with E-state index < -0.39 is 6.17 Å². The van der Waals surface area contributed by atoms with Gasteiger partial charge >= 0.3 is 0 Å². The zero-order valence-corrected chi connectivity index (χ0v) is 15.4. The summed E-state index contributed by atoms with van der Waals surface area (Å²) in [6, 6.07) is 9.63. The van der Waals surface area contributed by atoms with Gasteiger partial charge in [-0.3, -0.25) is 0 Å². The SMILES string of the molecule is CC1(c2cc(Nc3cc(C#N)ccn3)nc(N3CC(F)C3)c2)CCNCC1. The molecule has 0 amide bonds. The number of nitrogens with zero attached hydrogens (tertiary/aromatic N) is 4. The fourth-order valence-corrected chi connectivity index (χ4v) is 3.67. The van der Waals surface area contributed by atoms with Crippen LogP contribution in [-0.2, 0) is 5.41 Å². The van der Waals surface area contributed by atoms with Crippen molar-refractivity contribution in [3.8, 4) is 6.07 Å². The van der Waals surface area contributed by atoms with E-state index in [1.54, 1.807) is 18.3 Å². The Morgan fingerprint density at radius 3 is 2.74 bits per heavy atom. The molecule has 6 nitrogen and oxygen atoms in total. The summed E-state index contributed by atoms with van der Waals surface area (Å²) in [5.74, 6) is 2.04. The third-order valence-electron chi connectivity index (χ3n) is 5.52. The largest absolute Gasteiger partial charge is 0.351 e. The van der Waals surface area contributed by atoms with E-state index in [2.05, 4.69) is 45.7 Å². The summed E-state index contributed by atoms with van der Waals surface area (Å²) < 4.78 is 13.4. The lowest BCUT2D eigenvalue weighted by molar-refractivity contribution is 0.273. The standard InChI is InChI=1S/C20H23FN6/c1-20(3-6-23-7-4-20)15-9-18(25-17-8-14(11-22)2-5-24-17)26-19(10-15)27-12-16(21)13-27/h2,5,8-10,16,23H,3-4,6-7,12-13H2,1H3,(H,24,25,26). The second-order valence-corrected chi connectivity index (χ2v) is 7.58. The smallest absolute Gasteiger partial charge is 0.135 e. The number of halogens is 1. The summed E-state index contributed by atoms with van der Waals surface area (Å²) in [4.78, 5) is 10.9. The van der Waals surface area contributed by atoms with E-state index in [-0.39, 0.29) is 5.41 Å². The fourth-order valence-electron chi connectivity index (χ4n) is 3.67. The number of hydrogen-bond acceptors (Lipinski definition) is 6. The first-order valence-electron chi connectivity index (χ1n) is 9.31. The predicted molar refractivity (Wildman–Crippen MR) is 103 cm³/mol. The Morgan fingerprint density at radius 1 is 1.26 bits per heavy atom. The summed E-state index contributed by atoms with van der Waals surface area (Å²) in [6.07, 6.45) is 2.91. The molecule has 2 aromatic heterocycles. The molecule has 0 saturated carbocycles. The Hall–Kier alpha value is -2.72. The maximum atomic E-state index is 13.4. The molecule has 2 fully saturated rings. The molecule has 2 aliphatic rings. The van der Waals surface area contributed by atoms with Gasteiger partial charge in [0.15, 0.2) is 0 Å². The van der Waals surface area contributed by atoms with Crippen LogP contribution in [0, 0.1) is 11.3 Å². The number of piperidine rings is 1. The molecule has 0 unspecified atom stereocenters. The normalized spacial score (nSPS) is 19.2. The van der Waals surface area contributed by atoms with Crippen LogP contribution >= 0.6 is 0 Å². The first-order valence-corrected chi connectivity index (χ1v) is 9.31. The molecule has 2 aromatic rings. The topological polar surface area (TPSA) is 76.9 Å². The number of pyridine rings is 2. The van der Waals surface area contributed by atoms with Crippen molar-refractivity contribution in [2.45, 2.75) is 31.4 Å².